The van der Waals surface area contributed by atoms with Gasteiger partial charge in [-0.15, -0.1) is 0 Å². The summed E-state index contributed by atoms with van der Waals surface area (Å²) in [5.41, 5.74) is -0.0600. The van der Waals surface area contributed by atoms with Crippen molar-refractivity contribution < 1.29 is 32.5 Å². The van der Waals surface area contributed by atoms with E-state index in [1.807, 2.05) is 0 Å². The maximum absolute atomic E-state index is 12.1. The van der Waals surface area contributed by atoms with Crippen molar-refractivity contribution in [3.8, 4) is 11.5 Å². The Morgan fingerprint density at radius 3 is 2.50 bits per heavy atom. The second-order valence-corrected chi connectivity index (χ2v) is 4.62. The zero-order valence-corrected chi connectivity index (χ0v) is 10.4. The third-order valence-electron chi connectivity index (χ3n) is 2.75. The minimum Gasteiger partial charge on any atom is -0.489 e. The lowest BCUT2D eigenvalue weighted by Crippen LogP contribution is -2.19. The highest BCUT2D eigenvalue weighted by atomic mass is 19.4. The number of alkyl halides is 3. The molecule has 1 aliphatic rings. The number of carboxylic acids is 1. The Balaban J connectivity index is 2.12. The molecule has 7 heteroatoms. The number of benzene rings is 1. The summed E-state index contributed by atoms with van der Waals surface area (Å²) in [6, 6.07) is 3.53. The number of hydrogen-bond acceptors (Lipinski definition) is 3. The Labute approximate surface area is 113 Å². The van der Waals surface area contributed by atoms with Crippen LogP contribution in [0.25, 0.3) is 0 Å². The van der Waals surface area contributed by atoms with Crippen molar-refractivity contribution in [2.24, 2.45) is 5.92 Å². The standard InChI is InChI=1S/C13H13F3O4/c14-13(15,16)7-20-10-4-3-9(12(17)18)5-11(10)19-6-8-1-2-8/h3-5,8H,1-2,6-7H2,(H,17,18). The minimum atomic E-state index is -4.46. The lowest BCUT2D eigenvalue weighted by molar-refractivity contribution is -0.153. The van der Waals surface area contributed by atoms with E-state index in [2.05, 4.69) is 4.74 Å². The first-order valence-electron chi connectivity index (χ1n) is 6.05. The number of aromatic carboxylic acids is 1. The van der Waals surface area contributed by atoms with Crippen LogP contribution in [0.1, 0.15) is 23.2 Å². The average Bonchev–Trinajstić information content (AvgIpc) is 3.17. The number of hydrogen-bond donors (Lipinski definition) is 1. The van der Waals surface area contributed by atoms with E-state index in [1.54, 1.807) is 0 Å². The van der Waals surface area contributed by atoms with Crippen LogP contribution in [0.4, 0.5) is 13.2 Å². The molecule has 0 radical (unpaired) electrons. The van der Waals surface area contributed by atoms with Crippen molar-refractivity contribution in [2.75, 3.05) is 13.2 Å². The van der Waals surface area contributed by atoms with Crippen molar-refractivity contribution in [3.05, 3.63) is 23.8 Å². The van der Waals surface area contributed by atoms with E-state index in [9.17, 15) is 18.0 Å². The molecular formula is C13H13F3O4. The summed E-state index contributed by atoms with van der Waals surface area (Å²) in [7, 11) is 0. The van der Waals surface area contributed by atoms with E-state index in [0.717, 1.165) is 12.8 Å². The van der Waals surface area contributed by atoms with E-state index in [-0.39, 0.29) is 17.1 Å². The first-order chi connectivity index (χ1) is 9.35. The monoisotopic (exact) mass is 290 g/mol. The first-order valence-corrected chi connectivity index (χ1v) is 6.05. The second-order valence-electron chi connectivity index (χ2n) is 4.62. The van der Waals surface area contributed by atoms with Crippen LogP contribution in [0.2, 0.25) is 0 Å². The smallest absolute Gasteiger partial charge is 0.422 e. The molecule has 1 aromatic carbocycles. The van der Waals surface area contributed by atoms with E-state index in [4.69, 9.17) is 9.84 Å². The molecule has 0 amide bonds. The molecule has 1 aliphatic carbocycles. The van der Waals surface area contributed by atoms with Gasteiger partial charge in [-0.2, -0.15) is 13.2 Å². The van der Waals surface area contributed by atoms with Crippen LogP contribution < -0.4 is 9.47 Å². The number of ether oxygens (including phenoxy) is 2. The molecule has 0 spiro atoms. The quantitative estimate of drug-likeness (QED) is 0.874. The summed E-state index contributed by atoms with van der Waals surface area (Å²) in [6.45, 7) is -1.09. The molecule has 0 bridgehead atoms. The van der Waals surface area contributed by atoms with Crippen LogP contribution in [0.3, 0.4) is 0 Å². The van der Waals surface area contributed by atoms with E-state index < -0.39 is 18.8 Å². The van der Waals surface area contributed by atoms with E-state index >= 15 is 0 Å². The summed E-state index contributed by atoms with van der Waals surface area (Å²) in [6.07, 6.45) is -2.44. The van der Waals surface area contributed by atoms with Crippen molar-refractivity contribution in [1.82, 2.24) is 0 Å². The Kier molecular flexibility index (Phi) is 4.06. The summed E-state index contributed by atoms with van der Waals surface area (Å²) in [4.78, 5) is 10.9. The van der Waals surface area contributed by atoms with Crippen LogP contribution in [0.15, 0.2) is 18.2 Å². The second kappa shape index (κ2) is 5.60. The van der Waals surface area contributed by atoms with Crippen molar-refractivity contribution in [2.45, 2.75) is 19.0 Å². The molecule has 110 valence electrons. The fourth-order valence-electron chi connectivity index (χ4n) is 1.52. The van der Waals surface area contributed by atoms with Crippen LogP contribution in [-0.2, 0) is 0 Å². The Hall–Kier alpha value is -1.92. The topological polar surface area (TPSA) is 55.8 Å². The van der Waals surface area contributed by atoms with Gasteiger partial charge in [0.1, 0.15) is 0 Å². The molecule has 20 heavy (non-hydrogen) atoms. The van der Waals surface area contributed by atoms with Gasteiger partial charge in [0, 0.05) is 0 Å². The summed E-state index contributed by atoms with van der Waals surface area (Å²) in [5.74, 6) is -0.864. The average molecular weight is 290 g/mol. The SMILES string of the molecule is O=C(O)c1ccc(OCC(F)(F)F)c(OCC2CC2)c1. The maximum atomic E-state index is 12.1. The maximum Gasteiger partial charge on any atom is 0.422 e. The van der Waals surface area contributed by atoms with Gasteiger partial charge in [-0.05, 0) is 37.0 Å². The highest BCUT2D eigenvalue weighted by Gasteiger charge is 2.29. The minimum absolute atomic E-state index is 0.0288. The molecule has 0 heterocycles. The van der Waals surface area contributed by atoms with Crippen LogP contribution >= 0.6 is 0 Å². The van der Waals surface area contributed by atoms with Gasteiger partial charge >= 0.3 is 12.1 Å². The number of carbonyl (C=O) groups is 1. The highest BCUT2D eigenvalue weighted by Crippen LogP contribution is 2.34. The van der Waals surface area contributed by atoms with E-state index in [1.165, 1.54) is 18.2 Å². The molecule has 0 aromatic heterocycles. The molecule has 0 unspecified atom stereocenters. The largest absolute Gasteiger partial charge is 0.489 e. The molecule has 0 aliphatic heterocycles. The first kappa shape index (κ1) is 14.5. The highest BCUT2D eigenvalue weighted by molar-refractivity contribution is 5.88. The third kappa shape index (κ3) is 4.32. The van der Waals surface area contributed by atoms with Gasteiger partial charge in [0.15, 0.2) is 18.1 Å². The van der Waals surface area contributed by atoms with Crippen molar-refractivity contribution >= 4 is 5.97 Å². The Morgan fingerprint density at radius 2 is 1.95 bits per heavy atom. The molecule has 1 fully saturated rings. The molecule has 1 saturated carbocycles. The van der Waals surface area contributed by atoms with Crippen molar-refractivity contribution in [3.63, 3.8) is 0 Å². The lowest BCUT2D eigenvalue weighted by atomic mass is 10.2. The van der Waals surface area contributed by atoms with Gasteiger partial charge in [0.25, 0.3) is 0 Å². The predicted molar refractivity (Wildman–Crippen MR) is 63.2 cm³/mol. The fraction of sp³-hybridized carbons (Fsp3) is 0.462. The van der Waals surface area contributed by atoms with Gasteiger partial charge in [0.2, 0.25) is 0 Å². The number of rotatable bonds is 6. The normalized spacial score (nSPS) is 14.9. The van der Waals surface area contributed by atoms with E-state index in [0.29, 0.717) is 12.5 Å². The zero-order valence-electron chi connectivity index (χ0n) is 10.4. The Bertz CT molecular complexity index is 495. The van der Waals surface area contributed by atoms with Gasteiger partial charge in [0.05, 0.1) is 12.2 Å². The molecule has 0 saturated heterocycles. The van der Waals surface area contributed by atoms with Gasteiger partial charge in [-0.3, -0.25) is 0 Å². The fourth-order valence-corrected chi connectivity index (χ4v) is 1.52. The molecule has 1 aromatic rings. The molecule has 4 nitrogen and oxygen atoms in total. The zero-order chi connectivity index (χ0) is 14.8. The van der Waals surface area contributed by atoms with Gasteiger partial charge < -0.3 is 14.6 Å². The summed E-state index contributed by atoms with van der Waals surface area (Å²) in [5, 5.41) is 8.87. The number of carboxylic acid groups (broad SMARTS) is 1. The van der Waals surface area contributed by atoms with Gasteiger partial charge in [-0.25, -0.2) is 4.79 Å². The molecule has 0 atom stereocenters. The van der Waals surface area contributed by atoms with Gasteiger partial charge in [-0.1, -0.05) is 0 Å². The van der Waals surface area contributed by atoms with Crippen molar-refractivity contribution in [1.29, 1.82) is 0 Å². The summed E-state index contributed by atoms with van der Waals surface area (Å²) >= 11 is 0. The summed E-state index contributed by atoms with van der Waals surface area (Å²) < 4.78 is 46.4. The lowest BCUT2D eigenvalue weighted by Gasteiger charge is -2.14. The van der Waals surface area contributed by atoms with Crippen LogP contribution in [0.5, 0.6) is 11.5 Å². The number of halogens is 3. The van der Waals surface area contributed by atoms with Crippen LogP contribution in [0, 0.1) is 5.92 Å². The molecule has 2 rings (SSSR count). The van der Waals surface area contributed by atoms with Crippen LogP contribution in [-0.4, -0.2) is 30.5 Å². The molecular weight excluding hydrogens is 277 g/mol. The third-order valence-corrected chi connectivity index (χ3v) is 2.75. The molecule has 1 N–H and O–H groups in total. The predicted octanol–water partition coefficient (Wildman–Crippen LogP) is 3.11. The Morgan fingerprint density at radius 1 is 1.25 bits per heavy atom.